The summed E-state index contributed by atoms with van der Waals surface area (Å²) in [5, 5.41) is 0. The van der Waals surface area contributed by atoms with Crippen LogP contribution in [0.15, 0.2) is 41.0 Å². The van der Waals surface area contributed by atoms with Crippen molar-refractivity contribution in [2.45, 2.75) is 19.4 Å². The number of aromatic nitrogens is 1. The average Bonchev–Trinajstić information content (AvgIpc) is 2.39. The molecule has 0 aliphatic rings. The molecule has 19 heavy (non-hydrogen) atoms. The van der Waals surface area contributed by atoms with Crippen LogP contribution in [0.5, 0.6) is 5.75 Å². The van der Waals surface area contributed by atoms with Crippen molar-refractivity contribution in [1.29, 1.82) is 0 Å². The lowest BCUT2D eigenvalue weighted by atomic mass is 9.99. The van der Waals surface area contributed by atoms with E-state index in [0.717, 1.165) is 27.9 Å². The van der Waals surface area contributed by atoms with Crippen molar-refractivity contribution in [3.05, 3.63) is 57.8 Å². The third-order valence-electron chi connectivity index (χ3n) is 3.12. The Bertz CT molecular complexity index is 572. The standard InChI is InChI=1S/C15H17BrN2O/c1-10-12(4-3-7-18-10)14(17)9-11-5-6-15(19-2)13(16)8-11/h3-8,14H,9,17H2,1-2H3. The van der Waals surface area contributed by atoms with Gasteiger partial charge in [-0.05, 0) is 58.6 Å². The molecule has 0 amide bonds. The van der Waals surface area contributed by atoms with Crippen LogP contribution in [-0.4, -0.2) is 12.1 Å². The van der Waals surface area contributed by atoms with Gasteiger partial charge in [-0.3, -0.25) is 4.98 Å². The zero-order valence-corrected chi connectivity index (χ0v) is 12.6. The molecule has 100 valence electrons. The minimum absolute atomic E-state index is 0.0472. The fourth-order valence-electron chi connectivity index (χ4n) is 2.09. The van der Waals surface area contributed by atoms with Gasteiger partial charge in [-0.25, -0.2) is 0 Å². The number of methoxy groups -OCH3 is 1. The van der Waals surface area contributed by atoms with Gasteiger partial charge in [-0.15, -0.1) is 0 Å². The molecule has 0 saturated carbocycles. The van der Waals surface area contributed by atoms with Crippen LogP contribution in [0, 0.1) is 6.92 Å². The second-order valence-corrected chi connectivity index (χ2v) is 5.31. The number of rotatable bonds is 4. The molecule has 2 aromatic rings. The lowest BCUT2D eigenvalue weighted by Crippen LogP contribution is -2.15. The van der Waals surface area contributed by atoms with Crippen LogP contribution in [0.25, 0.3) is 0 Å². The Balaban J connectivity index is 2.17. The lowest BCUT2D eigenvalue weighted by molar-refractivity contribution is 0.412. The van der Waals surface area contributed by atoms with Gasteiger partial charge in [0, 0.05) is 17.9 Å². The number of hydrogen-bond donors (Lipinski definition) is 1. The molecule has 0 radical (unpaired) electrons. The van der Waals surface area contributed by atoms with Crippen LogP contribution in [0.4, 0.5) is 0 Å². The van der Waals surface area contributed by atoms with Gasteiger partial charge in [0.15, 0.2) is 0 Å². The normalized spacial score (nSPS) is 12.2. The molecule has 4 heteroatoms. The van der Waals surface area contributed by atoms with Gasteiger partial charge in [0.1, 0.15) is 5.75 Å². The monoisotopic (exact) mass is 320 g/mol. The van der Waals surface area contributed by atoms with Gasteiger partial charge in [-0.1, -0.05) is 12.1 Å². The quantitative estimate of drug-likeness (QED) is 0.939. The van der Waals surface area contributed by atoms with E-state index in [1.54, 1.807) is 13.3 Å². The van der Waals surface area contributed by atoms with Crippen molar-refractivity contribution in [2.75, 3.05) is 7.11 Å². The van der Waals surface area contributed by atoms with E-state index in [1.807, 2.05) is 37.3 Å². The summed E-state index contributed by atoms with van der Waals surface area (Å²) in [6, 6.07) is 9.94. The summed E-state index contributed by atoms with van der Waals surface area (Å²) in [6.45, 7) is 1.99. The zero-order chi connectivity index (χ0) is 13.8. The summed E-state index contributed by atoms with van der Waals surface area (Å²) in [7, 11) is 1.66. The van der Waals surface area contributed by atoms with Crippen molar-refractivity contribution in [3.8, 4) is 5.75 Å². The molecule has 0 aliphatic carbocycles. The first-order valence-electron chi connectivity index (χ1n) is 6.11. The Hall–Kier alpha value is -1.39. The molecule has 1 unspecified atom stereocenters. The summed E-state index contributed by atoms with van der Waals surface area (Å²) in [5.41, 5.74) is 9.51. The molecular formula is C15H17BrN2O. The molecule has 1 aromatic carbocycles. The molecule has 0 aliphatic heterocycles. The summed E-state index contributed by atoms with van der Waals surface area (Å²) < 4.78 is 6.17. The van der Waals surface area contributed by atoms with Crippen LogP contribution in [0.3, 0.4) is 0 Å². The maximum atomic E-state index is 6.26. The first kappa shape index (κ1) is 14.0. The number of nitrogens with zero attached hydrogens (tertiary/aromatic N) is 1. The molecule has 2 N–H and O–H groups in total. The second kappa shape index (κ2) is 6.17. The van der Waals surface area contributed by atoms with Crippen molar-refractivity contribution in [3.63, 3.8) is 0 Å². The van der Waals surface area contributed by atoms with Crippen LogP contribution in [-0.2, 0) is 6.42 Å². The van der Waals surface area contributed by atoms with Crippen LogP contribution < -0.4 is 10.5 Å². The zero-order valence-electron chi connectivity index (χ0n) is 11.1. The predicted octanol–water partition coefficient (Wildman–Crippen LogP) is 3.40. The van der Waals surface area contributed by atoms with Gasteiger partial charge in [-0.2, -0.15) is 0 Å². The SMILES string of the molecule is COc1ccc(CC(N)c2cccnc2C)cc1Br. The highest BCUT2D eigenvalue weighted by molar-refractivity contribution is 9.10. The summed E-state index contributed by atoms with van der Waals surface area (Å²) in [5.74, 6) is 0.829. The Morgan fingerprint density at radius 1 is 1.37 bits per heavy atom. The molecule has 0 spiro atoms. The highest BCUT2D eigenvalue weighted by Crippen LogP contribution is 2.27. The van der Waals surface area contributed by atoms with E-state index in [0.29, 0.717) is 0 Å². The number of ether oxygens (including phenoxy) is 1. The Labute approximate surface area is 121 Å². The van der Waals surface area contributed by atoms with E-state index in [2.05, 4.69) is 20.9 Å². The fraction of sp³-hybridized carbons (Fsp3) is 0.267. The summed E-state index contributed by atoms with van der Waals surface area (Å²) in [6.07, 6.45) is 2.56. The summed E-state index contributed by atoms with van der Waals surface area (Å²) >= 11 is 3.49. The molecule has 0 saturated heterocycles. The lowest BCUT2D eigenvalue weighted by Gasteiger charge is -2.14. The van der Waals surface area contributed by atoms with E-state index in [9.17, 15) is 0 Å². The smallest absolute Gasteiger partial charge is 0.133 e. The molecule has 1 atom stereocenters. The molecule has 3 nitrogen and oxygen atoms in total. The first-order chi connectivity index (χ1) is 9.11. The topological polar surface area (TPSA) is 48.1 Å². The molecule has 2 rings (SSSR count). The minimum Gasteiger partial charge on any atom is -0.496 e. The Morgan fingerprint density at radius 3 is 2.79 bits per heavy atom. The van der Waals surface area contributed by atoms with Crippen molar-refractivity contribution >= 4 is 15.9 Å². The van der Waals surface area contributed by atoms with Gasteiger partial charge < -0.3 is 10.5 Å². The highest BCUT2D eigenvalue weighted by Gasteiger charge is 2.11. The molecular weight excluding hydrogens is 304 g/mol. The van der Waals surface area contributed by atoms with E-state index < -0.39 is 0 Å². The maximum Gasteiger partial charge on any atom is 0.133 e. The van der Waals surface area contributed by atoms with Gasteiger partial charge in [0.25, 0.3) is 0 Å². The summed E-state index contributed by atoms with van der Waals surface area (Å²) in [4.78, 5) is 4.28. The van der Waals surface area contributed by atoms with E-state index in [-0.39, 0.29) is 6.04 Å². The van der Waals surface area contributed by atoms with E-state index >= 15 is 0 Å². The number of nitrogens with two attached hydrogens (primary N) is 1. The minimum atomic E-state index is -0.0472. The van der Waals surface area contributed by atoms with Crippen LogP contribution >= 0.6 is 15.9 Å². The Kier molecular flexibility index (Phi) is 4.56. The van der Waals surface area contributed by atoms with Gasteiger partial charge in [0.2, 0.25) is 0 Å². The number of hydrogen-bond acceptors (Lipinski definition) is 3. The van der Waals surface area contributed by atoms with E-state index in [4.69, 9.17) is 10.5 Å². The molecule has 0 bridgehead atoms. The molecule has 1 heterocycles. The highest BCUT2D eigenvalue weighted by atomic mass is 79.9. The van der Waals surface area contributed by atoms with Crippen LogP contribution in [0.1, 0.15) is 22.9 Å². The molecule has 0 fully saturated rings. The predicted molar refractivity (Wildman–Crippen MR) is 80.3 cm³/mol. The number of halogens is 1. The van der Waals surface area contributed by atoms with Crippen molar-refractivity contribution < 1.29 is 4.74 Å². The number of aryl methyl sites for hydroxylation is 1. The largest absolute Gasteiger partial charge is 0.496 e. The van der Waals surface area contributed by atoms with Crippen molar-refractivity contribution in [2.24, 2.45) is 5.73 Å². The third kappa shape index (κ3) is 3.33. The maximum absolute atomic E-state index is 6.26. The fourth-order valence-corrected chi connectivity index (χ4v) is 2.68. The van der Waals surface area contributed by atoms with Gasteiger partial charge in [0.05, 0.1) is 11.6 Å². The second-order valence-electron chi connectivity index (χ2n) is 4.46. The third-order valence-corrected chi connectivity index (χ3v) is 3.74. The van der Waals surface area contributed by atoms with Crippen molar-refractivity contribution in [1.82, 2.24) is 4.98 Å². The van der Waals surface area contributed by atoms with Crippen LogP contribution in [0.2, 0.25) is 0 Å². The molecule has 1 aromatic heterocycles. The Morgan fingerprint density at radius 2 is 2.16 bits per heavy atom. The first-order valence-corrected chi connectivity index (χ1v) is 6.90. The van der Waals surface area contributed by atoms with E-state index in [1.165, 1.54) is 5.56 Å². The van der Waals surface area contributed by atoms with Gasteiger partial charge >= 0.3 is 0 Å². The number of pyridine rings is 1. The average molecular weight is 321 g/mol. The number of benzene rings is 1.